The Morgan fingerprint density at radius 3 is 2.81 bits per heavy atom. The van der Waals surface area contributed by atoms with E-state index in [2.05, 4.69) is 20.5 Å². The zero-order valence-corrected chi connectivity index (χ0v) is 14.2. The molecule has 0 aliphatic heterocycles. The third-order valence-corrected chi connectivity index (χ3v) is 4.12. The average Bonchev–Trinajstić information content (AvgIpc) is 3.18. The lowest BCUT2D eigenvalue weighted by atomic mass is 10.0. The number of ketones is 1. The second kappa shape index (κ2) is 6.89. The van der Waals surface area contributed by atoms with Gasteiger partial charge < -0.3 is 10.1 Å². The maximum absolute atomic E-state index is 12.7. The molecule has 4 rings (SSSR count). The fourth-order valence-corrected chi connectivity index (χ4v) is 2.84. The van der Waals surface area contributed by atoms with Gasteiger partial charge >= 0.3 is 0 Å². The number of ether oxygens (including phenoxy) is 1. The molecule has 0 bridgehead atoms. The number of nitrogens with one attached hydrogen (secondary N) is 1. The van der Waals surface area contributed by atoms with Crippen LogP contribution in [0.2, 0.25) is 0 Å². The van der Waals surface area contributed by atoms with Crippen LogP contribution in [0.3, 0.4) is 0 Å². The Morgan fingerprint density at radius 1 is 1.15 bits per heavy atom. The van der Waals surface area contributed by atoms with Crippen molar-refractivity contribution in [2.45, 2.75) is 0 Å². The van der Waals surface area contributed by atoms with Crippen LogP contribution < -0.4 is 5.32 Å². The molecule has 26 heavy (non-hydrogen) atoms. The van der Waals surface area contributed by atoms with E-state index < -0.39 is 0 Å². The van der Waals surface area contributed by atoms with Gasteiger partial charge in [-0.1, -0.05) is 30.3 Å². The van der Waals surface area contributed by atoms with Crippen molar-refractivity contribution in [3.63, 3.8) is 0 Å². The zero-order chi connectivity index (χ0) is 17.9. The number of aromatic nitrogens is 4. The number of carbonyl (C=O) groups excluding carboxylic acids is 1. The van der Waals surface area contributed by atoms with E-state index in [-0.39, 0.29) is 5.78 Å². The fourth-order valence-electron chi connectivity index (χ4n) is 2.84. The van der Waals surface area contributed by atoms with Crippen molar-refractivity contribution in [1.82, 2.24) is 19.6 Å². The minimum Gasteiger partial charge on any atom is -0.383 e. The summed E-state index contributed by atoms with van der Waals surface area (Å²) in [5.74, 6) is 0.602. The van der Waals surface area contributed by atoms with Crippen molar-refractivity contribution in [1.29, 1.82) is 0 Å². The summed E-state index contributed by atoms with van der Waals surface area (Å²) in [5, 5.41) is 11.3. The van der Waals surface area contributed by atoms with Crippen molar-refractivity contribution in [3.05, 3.63) is 66.0 Å². The number of anilines is 1. The second-order valence-electron chi connectivity index (χ2n) is 5.80. The third-order valence-electron chi connectivity index (χ3n) is 4.12. The maximum Gasteiger partial charge on any atom is 0.203 e. The fraction of sp³-hybridized carbons (Fsp3) is 0.158. The normalized spacial score (nSPS) is 11.1. The lowest BCUT2D eigenvalue weighted by Gasteiger charge is -2.09. The summed E-state index contributed by atoms with van der Waals surface area (Å²) in [6.07, 6.45) is 1.62. The predicted molar refractivity (Wildman–Crippen MR) is 98.5 cm³/mol. The van der Waals surface area contributed by atoms with Gasteiger partial charge in [0.1, 0.15) is 6.33 Å². The lowest BCUT2D eigenvalue weighted by molar-refractivity contribution is 0.103. The molecule has 0 atom stereocenters. The summed E-state index contributed by atoms with van der Waals surface area (Å²) >= 11 is 0. The largest absolute Gasteiger partial charge is 0.383 e. The molecule has 0 unspecified atom stereocenters. The topological polar surface area (TPSA) is 81.4 Å². The molecule has 0 radical (unpaired) electrons. The number of hydrogen-bond acceptors (Lipinski definition) is 6. The first kappa shape index (κ1) is 16.2. The Kier molecular flexibility index (Phi) is 4.28. The minimum absolute atomic E-state index is 0.0315. The molecule has 7 heteroatoms. The second-order valence-corrected chi connectivity index (χ2v) is 5.80. The van der Waals surface area contributed by atoms with Crippen LogP contribution in [-0.4, -0.2) is 45.6 Å². The van der Waals surface area contributed by atoms with Crippen LogP contribution in [0, 0.1) is 0 Å². The van der Waals surface area contributed by atoms with E-state index in [9.17, 15) is 4.79 Å². The quantitative estimate of drug-likeness (QED) is 0.426. The molecule has 0 aliphatic carbocycles. The highest BCUT2D eigenvalue weighted by atomic mass is 16.5. The van der Waals surface area contributed by atoms with Gasteiger partial charge in [-0.15, -0.1) is 10.2 Å². The van der Waals surface area contributed by atoms with Crippen LogP contribution in [0.25, 0.3) is 16.7 Å². The van der Waals surface area contributed by atoms with Crippen LogP contribution in [0.4, 0.5) is 5.82 Å². The lowest BCUT2D eigenvalue weighted by Crippen LogP contribution is -2.10. The molecule has 0 fully saturated rings. The van der Waals surface area contributed by atoms with Gasteiger partial charge in [-0.05, 0) is 18.2 Å². The predicted octanol–water partition coefficient (Wildman–Crippen LogP) is 2.57. The summed E-state index contributed by atoms with van der Waals surface area (Å²) in [4.78, 5) is 17.3. The van der Waals surface area contributed by atoms with Crippen LogP contribution in [0.15, 0.2) is 54.9 Å². The van der Waals surface area contributed by atoms with Gasteiger partial charge in [-0.3, -0.25) is 9.20 Å². The highest BCUT2D eigenvalue weighted by Gasteiger charge is 2.14. The Balaban J connectivity index is 1.79. The van der Waals surface area contributed by atoms with E-state index >= 15 is 0 Å². The molecular formula is C19H17N5O2. The number of rotatable bonds is 6. The van der Waals surface area contributed by atoms with E-state index in [1.165, 1.54) is 0 Å². The van der Waals surface area contributed by atoms with Gasteiger partial charge in [-0.25, -0.2) is 4.98 Å². The smallest absolute Gasteiger partial charge is 0.203 e. The Labute approximate surface area is 149 Å². The van der Waals surface area contributed by atoms with Gasteiger partial charge in [0.15, 0.2) is 11.6 Å². The van der Waals surface area contributed by atoms with Gasteiger partial charge in [0.05, 0.1) is 17.6 Å². The molecule has 1 N–H and O–H groups in total. The summed E-state index contributed by atoms with van der Waals surface area (Å²) in [6, 6.07) is 14.7. The van der Waals surface area contributed by atoms with E-state index in [1.807, 2.05) is 46.9 Å². The molecule has 0 saturated carbocycles. The first-order valence-corrected chi connectivity index (χ1v) is 8.24. The average molecular weight is 347 g/mol. The molecular weight excluding hydrogens is 330 g/mol. The number of nitrogens with zero attached hydrogens (tertiary/aromatic N) is 4. The Bertz CT molecular complexity index is 1080. The standard InChI is InChI=1S/C19H17N5O2/c1-26-10-9-20-18-19-23-21-12-24(19)16-11-14(7-8-15(16)22-18)17(25)13-5-3-2-4-6-13/h2-8,11-12H,9-10H2,1H3,(H,20,22). The van der Waals surface area contributed by atoms with E-state index in [0.29, 0.717) is 35.7 Å². The van der Waals surface area contributed by atoms with Crippen LogP contribution in [-0.2, 0) is 4.74 Å². The third kappa shape index (κ3) is 2.89. The Hall–Kier alpha value is -3.32. The van der Waals surface area contributed by atoms with Gasteiger partial charge in [0.25, 0.3) is 0 Å². The van der Waals surface area contributed by atoms with Gasteiger partial charge in [0, 0.05) is 24.8 Å². The van der Waals surface area contributed by atoms with E-state index in [4.69, 9.17) is 4.74 Å². The molecule has 130 valence electrons. The molecule has 0 amide bonds. The summed E-state index contributed by atoms with van der Waals surface area (Å²) in [7, 11) is 1.65. The summed E-state index contributed by atoms with van der Waals surface area (Å²) in [6.45, 7) is 1.17. The number of methoxy groups -OCH3 is 1. The maximum atomic E-state index is 12.7. The van der Waals surface area contributed by atoms with E-state index in [0.717, 1.165) is 11.0 Å². The molecule has 0 aliphatic rings. The molecule has 7 nitrogen and oxygen atoms in total. The SMILES string of the molecule is COCCNc1nc2ccc(C(=O)c3ccccc3)cc2n2cnnc12. The summed E-state index contributed by atoms with van der Waals surface area (Å²) in [5.41, 5.74) is 3.39. The van der Waals surface area contributed by atoms with E-state index in [1.54, 1.807) is 19.5 Å². The zero-order valence-electron chi connectivity index (χ0n) is 14.2. The van der Waals surface area contributed by atoms with Crippen molar-refractivity contribution >= 4 is 28.3 Å². The van der Waals surface area contributed by atoms with Crippen LogP contribution in [0.5, 0.6) is 0 Å². The molecule has 4 aromatic rings. The number of fused-ring (bicyclic) bond motifs is 3. The van der Waals surface area contributed by atoms with Crippen LogP contribution in [0.1, 0.15) is 15.9 Å². The number of benzene rings is 2. The van der Waals surface area contributed by atoms with Crippen molar-refractivity contribution in [2.24, 2.45) is 0 Å². The monoisotopic (exact) mass is 347 g/mol. The van der Waals surface area contributed by atoms with Crippen molar-refractivity contribution in [2.75, 3.05) is 25.6 Å². The van der Waals surface area contributed by atoms with Crippen LogP contribution >= 0.6 is 0 Å². The van der Waals surface area contributed by atoms with Gasteiger partial charge in [-0.2, -0.15) is 0 Å². The minimum atomic E-state index is -0.0315. The first-order chi connectivity index (χ1) is 12.8. The van der Waals surface area contributed by atoms with Gasteiger partial charge in [0.2, 0.25) is 5.65 Å². The highest BCUT2D eigenvalue weighted by molar-refractivity contribution is 6.10. The number of hydrogen-bond donors (Lipinski definition) is 1. The summed E-state index contributed by atoms with van der Waals surface area (Å²) < 4.78 is 6.89. The highest BCUT2D eigenvalue weighted by Crippen LogP contribution is 2.22. The molecule has 2 aromatic carbocycles. The Morgan fingerprint density at radius 2 is 2.00 bits per heavy atom. The molecule has 0 spiro atoms. The van der Waals surface area contributed by atoms with Crippen molar-refractivity contribution in [3.8, 4) is 0 Å². The number of carbonyl (C=O) groups is 1. The molecule has 2 aromatic heterocycles. The molecule has 0 saturated heterocycles. The first-order valence-electron chi connectivity index (χ1n) is 8.24. The molecule has 2 heterocycles. The van der Waals surface area contributed by atoms with Crippen molar-refractivity contribution < 1.29 is 9.53 Å².